The minimum absolute atomic E-state index is 0.126. The van der Waals surface area contributed by atoms with Crippen LogP contribution in [0.2, 0.25) is 0 Å². The summed E-state index contributed by atoms with van der Waals surface area (Å²) in [5, 5.41) is 8.84. The number of carboxylic acid groups (broad SMARTS) is 1. The Kier molecular flexibility index (Phi) is 8.78. The highest BCUT2D eigenvalue weighted by atomic mass is 17.2. The van der Waals surface area contributed by atoms with Crippen LogP contribution in [0.15, 0.2) is 30.3 Å². The van der Waals surface area contributed by atoms with Crippen molar-refractivity contribution in [2.45, 2.75) is 102 Å². The van der Waals surface area contributed by atoms with Gasteiger partial charge in [0.05, 0.1) is 0 Å². The van der Waals surface area contributed by atoms with Crippen molar-refractivity contribution in [1.82, 2.24) is 0 Å². The van der Waals surface area contributed by atoms with Crippen LogP contribution in [0.1, 0.15) is 90.0 Å². The van der Waals surface area contributed by atoms with Gasteiger partial charge in [-0.3, -0.25) is 4.79 Å². The smallest absolute Gasteiger partial charge is 0.303 e. The molecular weight excluding hydrogens is 340 g/mol. The molecule has 4 nitrogen and oxygen atoms in total. The number of benzene rings is 1. The van der Waals surface area contributed by atoms with Gasteiger partial charge >= 0.3 is 5.97 Å². The van der Waals surface area contributed by atoms with Crippen molar-refractivity contribution < 1.29 is 19.7 Å². The Labute approximate surface area is 164 Å². The first kappa shape index (κ1) is 21.9. The van der Waals surface area contributed by atoms with Crippen LogP contribution < -0.4 is 0 Å². The first-order chi connectivity index (χ1) is 12.9. The highest BCUT2D eigenvalue weighted by Gasteiger charge is 2.40. The van der Waals surface area contributed by atoms with E-state index in [4.69, 9.17) is 14.9 Å². The number of rotatable bonds is 12. The van der Waals surface area contributed by atoms with E-state index < -0.39 is 11.6 Å². The molecule has 0 spiro atoms. The Morgan fingerprint density at radius 3 is 2.04 bits per heavy atom. The summed E-state index contributed by atoms with van der Waals surface area (Å²) >= 11 is 0. The van der Waals surface area contributed by atoms with Crippen LogP contribution >= 0.6 is 0 Å². The zero-order valence-electron chi connectivity index (χ0n) is 17.0. The van der Waals surface area contributed by atoms with Crippen molar-refractivity contribution in [3.05, 3.63) is 35.9 Å². The highest BCUT2D eigenvalue weighted by Crippen LogP contribution is 2.38. The lowest BCUT2D eigenvalue weighted by Gasteiger charge is -2.41. The van der Waals surface area contributed by atoms with E-state index in [0.29, 0.717) is 6.42 Å². The summed E-state index contributed by atoms with van der Waals surface area (Å²) in [5.41, 5.74) is 0.752. The first-order valence-corrected chi connectivity index (χ1v) is 10.5. The summed E-state index contributed by atoms with van der Waals surface area (Å²) < 4.78 is 0. The van der Waals surface area contributed by atoms with Crippen LogP contribution in [0.4, 0.5) is 0 Å². The maximum absolute atomic E-state index is 10.8. The molecule has 1 aliphatic heterocycles. The first-order valence-electron chi connectivity index (χ1n) is 10.5. The number of carboxylic acids is 1. The van der Waals surface area contributed by atoms with Gasteiger partial charge in [-0.05, 0) is 57.9 Å². The molecule has 1 aromatic carbocycles. The Bertz CT molecular complexity index is 547. The van der Waals surface area contributed by atoms with E-state index in [1.165, 1.54) is 44.1 Å². The third-order valence-corrected chi connectivity index (χ3v) is 5.76. The molecule has 0 bridgehead atoms. The molecule has 27 heavy (non-hydrogen) atoms. The molecule has 0 radical (unpaired) electrons. The molecule has 2 rings (SSSR count). The van der Waals surface area contributed by atoms with E-state index in [0.717, 1.165) is 25.7 Å². The van der Waals surface area contributed by atoms with Gasteiger partial charge in [0.1, 0.15) is 11.2 Å². The monoisotopic (exact) mass is 376 g/mol. The predicted molar refractivity (Wildman–Crippen MR) is 108 cm³/mol. The molecule has 0 amide bonds. The lowest BCUT2D eigenvalue weighted by Crippen LogP contribution is -2.44. The number of aryl methyl sites for hydroxylation is 1. The van der Waals surface area contributed by atoms with Crippen LogP contribution in [0.3, 0.4) is 0 Å². The third kappa shape index (κ3) is 8.44. The highest BCUT2D eigenvalue weighted by molar-refractivity contribution is 5.66. The fourth-order valence-corrected chi connectivity index (χ4v) is 3.70. The molecule has 2 unspecified atom stereocenters. The number of carbonyl (C=O) groups is 1. The third-order valence-electron chi connectivity index (χ3n) is 5.76. The van der Waals surface area contributed by atoms with E-state index in [2.05, 4.69) is 37.3 Å². The maximum Gasteiger partial charge on any atom is 0.303 e. The van der Waals surface area contributed by atoms with E-state index in [1.54, 1.807) is 0 Å². The zero-order chi connectivity index (χ0) is 19.6. The summed E-state index contributed by atoms with van der Waals surface area (Å²) in [4.78, 5) is 22.1. The van der Waals surface area contributed by atoms with E-state index in [-0.39, 0.29) is 12.0 Å². The predicted octanol–water partition coefficient (Wildman–Crippen LogP) is 6.08. The maximum atomic E-state index is 10.8. The fourth-order valence-electron chi connectivity index (χ4n) is 3.70. The average Bonchev–Trinajstić information content (AvgIpc) is 2.66. The second-order valence-electron chi connectivity index (χ2n) is 8.57. The average molecular weight is 377 g/mol. The Hall–Kier alpha value is -1.39. The molecule has 0 aromatic heterocycles. The minimum Gasteiger partial charge on any atom is -0.481 e. The van der Waals surface area contributed by atoms with Gasteiger partial charge < -0.3 is 5.11 Å². The Morgan fingerprint density at radius 1 is 0.889 bits per heavy atom. The van der Waals surface area contributed by atoms with Gasteiger partial charge in [0, 0.05) is 6.42 Å². The van der Waals surface area contributed by atoms with Gasteiger partial charge in [0.15, 0.2) is 0 Å². The van der Waals surface area contributed by atoms with E-state index >= 15 is 0 Å². The zero-order valence-corrected chi connectivity index (χ0v) is 17.0. The van der Waals surface area contributed by atoms with Gasteiger partial charge in [-0.2, -0.15) is 0 Å². The molecule has 0 aliphatic carbocycles. The van der Waals surface area contributed by atoms with Gasteiger partial charge in [0.25, 0.3) is 0 Å². The van der Waals surface area contributed by atoms with E-state index in [1.807, 2.05) is 6.92 Å². The van der Waals surface area contributed by atoms with Crippen molar-refractivity contribution in [3.63, 3.8) is 0 Å². The lowest BCUT2D eigenvalue weighted by molar-refractivity contribution is -0.435. The molecule has 1 heterocycles. The quantitative estimate of drug-likeness (QED) is 0.354. The molecule has 152 valence electrons. The van der Waals surface area contributed by atoms with Crippen LogP contribution in [-0.4, -0.2) is 22.3 Å². The van der Waals surface area contributed by atoms with Crippen LogP contribution in [0, 0.1) is 0 Å². The molecule has 1 N–H and O–H groups in total. The molecule has 0 saturated carbocycles. The summed E-state index contributed by atoms with van der Waals surface area (Å²) in [7, 11) is 0. The second kappa shape index (κ2) is 10.8. The van der Waals surface area contributed by atoms with Crippen molar-refractivity contribution in [3.8, 4) is 0 Å². The molecule has 1 aliphatic rings. The largest absolute Gasteiger partial charge is 0.481 e. The number of aliphatic carboxylic acids is 1. The van der Waals surface area contributed by atoms with Gasteiger partial charge in [0.2, 0.25) is 0 Å². The normalized spacial score (nSPS) is 25.4. The summed E-state index contributed by atoms with van der Waals surface area (Å²) in [6.45, 7) is 4.06. The second-order valence-corrected chi connectivity index (χ2v) is 8.57. The van der Waals surface area contributed by atoms with Gasteiger partial charge in [-0.1, -0.05) is 62.4 Å². The topological polar surface area (TPSA) is 55.8 Å². The van der Waals surface area contributed by atoms with Crippen molar-refractivity contribution in [1.29, 1.82) is 0 Å². The van der Waals surface area contributed by atoms with Crippen molar-refractivity contribution in [2.24, 2.45) is 0 Å². The molecule has 1 aromatic rings. The molecule has 1 fully saturated rings. The minimum atomic E-state index is -0.781. The number of hydrogen-bond donors (Lipinski definition) is 1. The van der Waals surface area contributed by atoms with Crippen molar-refractivity contribution >= 4 is 5.97 Å². The SMILES string of the molecule is CC1(CCCCCCCCc2ccccc2)CCC(C)(CCC(=O)O)OO1. The van der Waals surface area contributed by atoms with Gasteiger partial charge in [-0.15, -0.1) is 0 Å². The number of hydrogen-bond acceptors (Lipinski definition) is 3. The van der Waals surface area contributed by atoms with Gasteiger partial charge in [-0.25, -0.2) is 9.78 Å². The summed E-state index contributed by atoms with van der Waals surface area (Å²) in [6.07, 6.45) is 12.2. The Balaban J connectivity index is 1.51. The van der Waals surface area contributed by atoms with Crippen LogP contribution in [-0.2, 0) is 21.0 Å². The standard InChI is InChI=1S/C23H36O4/c1-22(18-19-23(2,27-26-22)17-15-21(24)25)16-11-6-4-3-5-8-12-20-13-9-7-10-14-20/h7,9-10,13-14H,3-6,8,11-12,15-19H2,1-2H3,(H,24,25). The number of unbranched alkanes of at least 4 members (excludes halogenated alkanes) is 5. The molecular formula is C23H36O4. The fraction of sp³-hybridized carbons (Fsp3) is 0.696. The van der Waals surface area contributed by atoms with Crippen LogP contribution in [0.5, 0.6) is 0 Å². The molecule has 1 saturated heterocycles. The van der Waals surface area contributed by atoms with Crippen molar-refractivity contribution in [2.75, 3.05) is 0 Å². The van der Waals surface area contributed by atoms with Crippen LogP contribution in [0.25, 0.3) is 0 Å². The summed E-state index contributed by atoms with van der Waals surface area (Å²) in [6, 6.07) is 10.7. The Morgan fingerprint density at radius 2 is 1.44 bits per heavy atom. The lowest BCUT2D eigenvalue weighted by atomic mass is 9.85. The molecule has 2 atom stereocenters. The summed E-state index contributed by atoms with van der Waals surface area (Å²) in [5.74, 6) is -0.781. The van der Waals surface area contributed by atoms with E-state index in [9.17, 15) is 4.79 Å². The molecule has 4 heteroatoms.